The van der Waals surface area contributed by atoms with Gasteiger partial charge in [-0.05, 0) is 30.3 Å². The Morgan fingerprint density at radius 2 is 1.78 bits per heavy atom. The van der Waals surface area contributed by atoms with Gasteiger partial charge >= 0.3 is 19.5 Å². The first-order chi connectivity index (χ1) is 8.16. The van der Waals surface area contributed by atoms with Crippen molar-refractivity contribution >= 4 is 35.5 Å². The van der Waals surface area contributed by atoms with E-state index in [0.717, 1.165) is 14.7 Å². The van der Waals surface area contributed by atoms with Gasteiger partial charge in [0.25, 0.3) is 0 Å². The van der Waals surface area contributed by atoms with Gasteiger partial charge in [-0.15, -0.1) is 12.6 Å². The molecule has 0 amide bonds. The van der Waals surface area contributed by atoms with Gasteiger partial charge in [0, 0.05) is 14.7 Å². The standard InChI is InChI=1S/C12H10O2S3.Zn/c13-17(14)10-6-7-11(15)12(8-10)16-9-4-2-1-3-5-9;/h1-8,15H,(H,13,14);/q;+2. The predicted molar refractivity (Wildman–Crippen MR) is 73.3 cm³/mol. The Hall–Kier alpha value is -0.127. The molecule has 0 fully saturated rings. The molecule has 6 heteroatoms. The van der Waals surface area contributed by atoms with E-state index in [9.17, 15) is 4.21 Å². The third-order valence-corrected chi connectivity index (χ3v) is 4.37. The molecular formula is C12H10O2S3Zn+2. The van der Waals surface area contributed by atoms with E-state index in [0.29, 0.717) is 4.90 Å². The van der Waals surface area contributed by atoms with E-state index >= 15 is 0 Å². The first-order valence-electron chi connectivity index (χ1n) is 4.83. The Labute approximate surface area is 131 Å². The van der Waals surface area contributed by atoms with E-state index in [-0.39, 0.29) is 19.5 Å². The molecule has 0 radical (unpaired) electrons. The first kappa shape index (κ1) is 15.9. The van der Waals surface area contributed by atoms with Crippen LogP contribution in [0.25, 0.3) is 0 Å². The summed E-state index contributed by atoms with van der Waals surface area (Å²) in [5.41, 5.74) is 0. The van der Waals surface area contributed by atoms with Crippen molar-refractivity contribution in [3.63, 3.8) is 0 Å². The van der Waals surface area contributed by atoms with E-state index in [1.54, 1.807) is 18.2 Å². The maximum absolute atomic E-state index is 11.0. The van der Waals surface area contributed by atoms with E-state index in [2.05, 4.69) is 12.6 Å². The van der Waals surface area contributed by atoms with E-state index < -0.39 is 11.1 Å². The molecule has 2 aromatic rings. The van der Waals surface area contributed by atoms with Gasteiger partial charge in [-0.1, -0.05) is 30.0 Å². The smallest absolute Gasteiger partial charge is 0.302 e. The number of benzene rings is 2. The molecule has 1 N–H and O–H groups in total. The average Bonchev–Trinajstić information content (AvgIpc) is 2.33. The van der Waals surface area contributed by atoms with Crippen molar-refractivity contribution in [2.75, 3.05) is 0 Å². The van der Waals surface area contributed by atoms with Gasteiger partial charge in [0.15, 0.2) is 11.1 Å². The molecule has 0 aliphatic heterocycles. The number of hydrogen-bond donors (Lipinski definition) is 2. The summed E-state index contributed by atoms with van der Waals surface area (Å²) in [7, 11) is 0. The molecule has 0 bridgehead atoms. The zero-order chi connectivity index (χ0) is 12.3. The second kappa shape index (κ2) is 7.46. The van der Waals surface area contributed by atoms with Gasteiger partial charge in [-0.25, -0.2) is 4.21 Å². The molecule has 88 valence electrons. The fourth-order valence-electron chi connectivity index (χ4n) is 1.30. The summed E-state index contributed by atoms with van der Waals surface area (Å²) >= 11 is 3.91. The number of hydrogen-bond acceptors (Lipinski definition) is 3. The van der Waals surface area contributed by atoms with Crippen molar-refractivity contribution in [3.05, 3.63) is 48.5 Å². The zero-order valence-electron chi connectivity index (χ0n) is 9.45. The summed E-state index contributed by atoms with van der Waals surface area (Å²) in [6, 6.07) is 14.9. The first-order valence-corrected chi connectivity index (χ1v) is 7.20. The monoisotopic (exact) mass is 346 g/mol. The second-order valence-electron chi connectivity index (χ2n) is 3.29. The normalized spacial score (nSPS) is 11.7. The summed E-state index contributed by atoms with van der Waals surface area (Å²) in [4.78, 5) is 3.14. The Morgan fingerprint density at radius 1 is 1.11 bits per heavy atom. The van der Waals surface area contributed by atoms with Crippen LogP contribution in [0.3, 0.4) is 0 Å². The van der Waals surface area contributed by atoms with Crippen molar-refractivity contribution < 1.29 is 28.2 Å². The van der Waals surface area contributed by atoms with Crippen molar-refractivity contribution in [2.45, 2.75) is 19.6 Å². The quantitative estimate of drug-likeness (QED) is 0.505. The zero-order valence-corrected chi connectivity index (χ0v) is 14.9. The molecule has 0 saturated carbocycles. The molecule has 2 aromatic carbocycles. The van der Waals surface area contributed by atoms with Crippen LogP contribution in [0.15, 0.2) is 68.1 Å². The Balaban J connectivity index is 0.00000162. The SMILES string of the molecule is O=S(O)c1ccc(S)c(Sc2ccccc2)c1.[Zn+2]. The van der Waals surface area contributed by atoms with E-state index in [4.69, 9.17) is 4.55 Å². The number of rotatable bonds is 3. The fraction of sp³-hybridized carbons (Fsp3) is 0. The minimum atomic E-state index is -1.95. The van der Waals surface area contributed by atoms with Gasteiger partial charge in [-0.2, -0.15) is 0 Å². The second-order valence-corrected chi connectivity index (χ2v) is 5.86. The minimum Gasteiger partial charge on any atom is -0.302 e. The van der Waals surface area contributed by atoms with Crippen molar-refractivity contribution in [2.24, 2.45) is 0 Å². The Morgan fingerprint density at radius 3 is 2.39 bits per heavy atom. The molecule has 1 unspecified atom stereocenters. The molecule has 0 saturated heterocycles. The van der Waals surface area contributed by atoms with E-state index in [1.807, 2.05) is 30.3 Å². The number of thiol groups is 1. The van der Waals surface area contributed by atoms with Gasteiger partial charge in [-0.3, -0.25) is 0 Å². The average molecular weight is 348 g/mol. The molecule has 0 aliphatic rings. The molecule has 2 nitrogen and oxygen atoms in total. The third-order valence-electron chi connectivity index (χ3n) is 2.10. The van der Waals surface area contributed by atoms with Crippen LogP contribution in [0.4, 0.5) is 0 Å². The van der Waals surface area contributed by atoms with Gasteiger partial charge in [0.2, 0.25) is 0 Å². The molecule has 0 heterocycles. The maximum Gasteiger partial charge on any atom is 2.00 e. The summed E-state index contributed by atoms with van der Waals surface area (Å²) in [5.74, 6) is 0. The van der Waals surface area contributed by atoms with Crippen LogP contribution in [0.1, 0.15) is 0 Å². The van der Waals surface area contributed by atoms with Crippen LogP contribution in [-0.4, -0.2) is 8.76 Å². The maximum atomic E-state index is 11.0. The fourth-order valence-corrected chi connectivity index (χ4v) is 2.96. The van der Waals surface area contributed by atoms with Crippen LogP contribution in [0.5, 0.6) is 0 Å². The molecule has 0 aliphatic carbocycles. The molecule has 2 rings (SSSR count). The predicted octanol–water partition coefficient (Wildman–Crippen LogP) is 3.70. The summed E-state index contributed by atoms with van der Waals surface area (Å²) in [6.07, 6.45) is 0. The molecule has 1 atom stereocenters. The molecular weight excluding hydrogens is 338 g/mol. The molecule has 0 aromatic heterocycles. The van der Waals surface area contributed by atoms with Crippen LogP contribution >= 0.6 is 24.4 Å². The van der Waals surface area contributed by atoms with E-state index in [1.165, 1.54) is 11.8 Å². The largest absolute Gasteiger partial charge is 2.00 e. The Kier molecular flexibility index (Phi) is 6.60. The third kappa shape index (κ3) is 4.21. The van der Waals surface area contributed by atoms with Crippen molar-refractivity contribution in [3.8, 4) is 0 Å². The summed E-state index contributed by atoms with van der Waals surface area (Å²) in [6.45, 7) is 0. The van der Waals surface area contributed by atoms with Crippen LogP contribution in [0.2, 0.25) is 0 Å². The summed E-state index contributed by atoms with van der Waals surface area (Å²) in [5, 5.41) is 0. The summed E-state index contributed by atoms with van der Waals surface area (Å²) < 4.78 is 20.0. The van der Waals surface area contributed by atoms with Gasteiger partial charge < -0.3 is 4.55 Å². The van der Waals surface area contributed by atoms with Crippen LogP contribution < -0.4 is 0 Å². The molecule has 0 spiro atoms. The van der Waals surface area contributed by atoms with Crippen LogP contribution in [0, 0.1) is 0 Å². The van der Waals surface area contributed by atoms with Gasteiger partial charge in [0.1, 0.15) is 0 Å². The van der Waals surface area contributed by atoms with Crippen LogP contribution in [-0.2, 0) is 30.6 Å². The Bertz CT molecular complexity index is 546. The van der Waals surface area contributed by atoms with Crippen molar-refractivity contribution in [1.82, 2.24) is 0 Å². The minimum absolute atomic E-state index is 0. The van der Waals surface area contributed by atoms with Gasteiger partial charge in [0.05, 0.1) is 4.90 Å². The van der Waals surface area contributed by atoms with Crippen molar-refractivity contribution in [1.29, 1.82) is 0 Å². The molecule has 18 heavy (non-hydrogen) atoms. The topological polar surface area (TPSA) is 37.3 Å².